The van der Waals surface area contributed by atoms with Crippen LogP contribution in [0.1, 0.15) is 24.2 Å². The van der Waals surface area contributed by atoms with Gasteiger partial charge in [-0.25, -0.2) is 0 Å². The lowest BCUT2D eigenvalue weighted by Crippen LogP contribution is -1.99. The third kappa shape index (κ3) is 3.15. The Hall–Kier alpha value is -0.360. The van der Waals surface area contributed by atoms with Crippen LogP contribution in [0, 0.1) is 0 Å². The largest absolute Gasteiger partial charge is 0.494 e. The van der Waals surface area contributed by atoms with Crippen molar-refractivity contribution >= 4 is 43.2 Å². The van der Waals surface area contributed by atoms with Gasteiger partial charge in [0.05, 0.1) is 14.2 Å². The maximum atomic E-state index is 10.3. The van der Waals surface area contributed by atoms with Gasteiger partial charge in [-0.15, -0.1) is 11.3 Å². The number of benzene rings is 1. The SMILES string of the molecule is CCOc1ccc(C(O)c2cc(Br)sc2Br)cc1. The molecule has 1 aromatic carbocycles. The molecule has 0 spiro atoms. The highest BCUT2D eigenvalue weighted by Crippen LogP contribution is 2.37. The van der Waals surface area contributed by atoms with E-state index >= 15 is 0 Å². The van der Waals surface area contributed by atoms with Crippen LogP contribution in [-0.4, -0.2) is 11.7 Å². The molecule has 18 heavy (non-hydrogen) atoms. The van der Waals surface area contributed by atoms with Crippen LogP contribution in [0.3, 0.4) is 0 Å². The van der Waals surface area contributed by atoms with Gasteiger partial charge in [-0.05, 0) is 62.5 Å². The van der Waals surface area contributed by atoms with Crippen LogP contribution in [0.2, 0.25) is 0 Å². The van der Waals surface area contributed by atoms with Gasteiger partial charge in [0, 0.05) is 5.56 Å². The zero-order chi connectivity index (χ0) is 13.1. The molecule has 0 saturated heterocycles. The second kappa shape index (κ2) is 6.19. The molecule has 0 fully saturated rings. The average molecular weight is 392 g/mol. The first-order valence-corrected chi connectivity index (χ1v) is 7.87. The van der Waals surface area contributed by atoms with E-state index in [1.807, 2.05) is 37.3 Å². The fourth-order valence-corrected chi connectivity index (χ4v) is 4.52. The van der Waals surface area contributed by atoms with Crippen LogP contribution in [0.4, 0.5) is 0 Å². The Balaban J connectivity index is 2.23. The minimum atomic E-state index is -0.627. The maximum absolute atomic E-state index is 10.3. The summed E-state index contributed by atoms with van der Waals surface area (Å²) in [4.78, 5) is 0. The van der Waals surface area contributed by atoms with Crippen molar-refractivity contribution in [2.75, 3.05) is 6.61 Å². The van der Waals surface area contributed by atoms with Crippen LogP contribution in [0.15, 0.2) is 37.9 Å². The van der Waals surface area contributed by atoms with Crippen molar-refractivity contribution in [3.05, 3.63) is 49.0 Å². The molecule has 96 valence electrons. The summed E-state index contributed by atoms with van der Waals surface area (Å²) in [5, 5.41) is 10.3. The molecule has 0 aliphatic rings. The van der Waals surface area contributed by atoms with Crippen molar-refractivity contribution in [3.63, 3.8) is 0 Å². The first-order chi connectivity index (χ1) is 8.61. The zero-order valence-electron chi connectivity index (χ0n) is 9.69. The standard InChI is InChI=1S/C13H12Br2O2S/c1-2-17-9-5-3-8(4-6-9)12(16)10-7-11(14)18-13(10)15/h3-7,12,16H,2H2,1H3. The highest BCUT2D eigenvalue weighted by atomic mass is 79.9. The van der Waals surface area contributed by atoms with Crippen molar-refractivity contribution in [1.82, 2.24) is 0 Å². The van der Waals surface area contributed by atoms with E-state index in [2.05, 4.69) is 31.9 Å². The molecule has 0 amide bonds. The van der Waals surface area contributed by atoms with Gasteiger partial charge < -0.3 is 9.84 Å². The molecule has 1 unspecified atom stereocenters. The summed E-state index contributed by atoms with van der Waals surface area (Å²) in [6, 6.07) is 9.44. The third-order valence-corrected chi connectivity index (χ3v) is 4.87. The zero-order valence-corrected chi connectivity index (χ0v) is 13.7. The highest BCUT2D eigenvalue weighted by molar-refractivity contribution is 9.12. The van der Waals surface area contributed by atoms with Gasteiger partial charge in [-0.1, -0.05) is 12.1 Å². The van der Waals surface area contributed by atoms with E-state index in [-0.39, 0.29) is 0 Å². The van der Waals surface area contributed by atoms with Gasteiger partial charge >= 0.3 is 0 Å². The Labute approximate surface area is 127 Å². The number of halogens is 2. The van der Waals surface area contributed by atoms with Crippen LogP contribution in [-0.2, 0) is 0 Å². The van der Waals surface area contributed by atoms with E-state index in [0.717, 1.165) is 24.4 Å². The Morgan fingerprint density at radius 1 is 1.28 bits per heavy atom. The minimum Gasteiger partial charge on any atom is -0.494 e. The molecule has 1 heterocycles. The fraction of sp³-hybridized carbons (Fsp3) is 0.231. The molecule has 0 saturated carbocycles. The third-order valence-electron chi connectivity index (χ3n) is 2.48. The minimum absolute atomic E-state index is 0.627. The summed E-state index contributed by atoms with van der Waals surface area (Å²) in [7, 11) is 0. The predicted octanol–water partition coefficient (Wildman–Crippen LogP) is 4.75. The van der Waals surface area contributed by atoms with E-state index in [1.54, 1.807) is 11.3 Å². The normalized spacial score (nSPS) is 12.4. The molecule has 0 bridgehead atoms. The van der Waals surface area contributed by atoms with Gasteiger partial charge in [-0.2, -0.15) is 0 Å². The average Bonchev–Trinajstić information content (AvgIpc) is 2.69. The fourth-order valence-electron chi connectivity index (χ4n) is 1.63. The first kappa shape index (κ1) is 14.1. The number of rotatable bonds is 4. The predicted molar refractivity (Wildman–Crippen MR) is 81.4 cm³/mol. The first-order valence-electron chi connectivity index (χ1n) is 5.47. The van der Waals surface area contributed by atoms with Crippen molar-refractivity contribution < 1.29 is 9.84 Å². The molecule has 0 aliphatic carbocycles. The molecule has 0 aliphatic heterocycles. The highest BCUT2D eigenvalue weighted by Gasteiger charge is 2.16. The van der Waals surface area contributed by atoms with E-state index in [9.17, 15) is 5.11 Å². The molecule has 1 N–H and O–H groups in total. The lowest BCUT2D eigenvalue weighted by atomic mass is 10.0. The second-order valence-electron chi connectivity index (χ2n) is 3.68. The van der Waals surface area contributed by atoms with Crippen molar-refractivity contribution in [3.8, 4) is 5.75 Å². The van der Waals surface area contributed by atoms with Gasteiger partial charge in [0.25, 0.3) is 0 Å². The summed E-state index contributed by atoms with van der Waals surface area (Å²) >= 11 is 8.42. The molecule has 2 rings (SSSR count). The van der Waals surface area contributed by atoms with Crippen molar-refractivity contribution in [1.29, 1.82) is 0 Å². The Morgan fingerprint density at radius 3 is 2.44 bits per heavy atom. The molecular weight excluding hydrogens is 380 g/mol. The monoisotopic (exact) mass is 390 g/mol. The number of thiophene rings is 1. The van der Waals surface area contributed by atoms with Gasteiger partial charge in [-0.3, -0.25) is 0 Å². The van der Waals surface area contributed by atoms with Crippen molar-refractivity contribution in [2.24, 2.45) is 0 Å². The molecule has 1 atom stereocenters. The number of aliphatic hydroxyl groups is 1. The number of ether oxygens (including phenoxy) is 1. The Bertz CT molecular complexity index is 522. The number of hydrogen-bond acceptors (Lipinski definition) is 3. The quantitative estimate of drug-likeness (QED) is 0.814. The van der Waals surface area contributed by atoms with E-state index in [1.165, 1.54) is 0 Å². The Kier molecular flexibility index (Phi) is 4.84. The summed E-state index contributed by atoms with van der Waals surface area (Å²) in [6.07, 6.45) is -0.627. The van der Waals surface area contributed by atoms with E-state index < -0.39 is 6.10 Å². The second-order valence-corrected chi connectivity index (χ2v) is 7.43. The summed E-state index contributed by atoms with van der Waals surface area (Å²) in [5.41, 5.74) is 1.72. The van der Waals surface area contributed by atoms with Crippen molar-refractivity contribution in [2.45, 2.75) is 13.0 Å². The maximum Gasteiger partial charge on any atom is 0.119 e. The van der Waals surface area contributed by atoms with Gasteiger partial charge in [0.1, 0.15) is 11.9 Å². The molecular formula is C13H12Br2O2S. The molecule has 2 aromatic rings. The molecule has 5 heteroatoms. The molecule has 0 radical (unpaired) electrons. The lowest BCUT2D eigenvalue weighted by molar-refractivity contribution is 0.220. The van der Waals surface area contributed by atoms with Gasteiger partial charge in [0.15, 0.2) is 0 Å². The number of aliphatic hydroxyl groups excluding tert-OH is 1. The van der Waals surface area contributed by atoms with Gasteiger partial charge in [0.2, 0.25) is 0 Å². The topological polar surface area (TPSA) is 29.5 Å². The molecule has 1 aromatic heterocycles. The van der Waals surface area contributed by atoms with Crippen LogP contribution in [0.5, 0.6) is 5.75 Å². The van der Waals surface area contributed by atoms with Crippen LogP contribution < -0.4 is 4.74 Å². The smallest absolute Gasteiger partial charge is 0.119 e. The van der Waals surface area contributed by atoms with Crippen LogP contribution >= 0.6 is 43.2 Å². The lowest BCUT2D eigenvalue weighted by Gasteiger charge is -2.11. The Morgan fingerprint density at radius 2 is 1.94 bits per heavy atom. The number of hydrogen-bond donors (Lipinski definition) is 1. The summed E-state index contributed by atoms with van der Waals surface area (Å²) in [6.45, 7) is 2.59. The van der Waals surface area contributed by atoms with E-state index in [4.69, 9.17) is 4.74 Å². The summed E-state index contributed by atoms with van der Waals surface area (Å²) < 4.78 is 7.31. The van der Waals surface area contributed by atoms with Crippen LogP contribution in [0.25, 0.3) is 0 Å². The molecule has 2 nitrogen and oxygen atoms in total. The van der Waals surface area contributed by atoms with E-state index in [0.29, 0.717) is 6.61 Å². The summed E-state index contributed by atoms with van der Waals surface area (Å²) in [5.74, 6) is 0.819.